The zero-order valence-corrected chi connectivity index (χ0v) is 20.1. The molecule has 35 heavy (non-hydrogen) atoms. The number of rotatable bonds is 9. The largest absolute Gasteiger partial charge is 0.468 e. The van der Waals surface area contributed by atoms with Gasteiger partial charge in [0.05, 0.1) is 40.1 Å². The van der Waals surface area contributed by atoms with Gasteiger partial charge in [0, 0.05) is 31.7 Å². The number of methoxy groups -OCH3 is 5. The van der Waals surface area contributed by atoms with Crippen LogP contribution in [0.3, 0.4) is 0 Å². The van der Waals surface area contributed by atoms with Gasteiger partial charge in [-0.15, -0.1) is 0 Å². The molecule has 0 aromatic heterocycles. The van der Waals surface area contributed by atoms with E-state index in [9.17, 15) is 24.4 Å². The number of ether oxygens (including phenoxy) is 5. The molecular weight excluding hydrogens is 460 g/mol. The number of carbonyl (C=O) groups excluding carboxylic acids is 4. The second-order valence-corrected chi connectivity index (χ2v) is 7.63. The lowest BCUT2D eigenvalue weighted by Crippen LogP contribution is -2.56. The highest BCUT2D eigenvalue weighted by Gasteiger charge is 2.56. The molecule has 0 spiro atoms. The summed E-state index contributed by atoms with van der Waals surface area (Å²) in [6, 6.07) is 11.2. The molecule has 188 valence electrons. The molecule has 0 aliphatic carbocycles. The summed E-state index contributed by atoms with van der Waals surface area (Å²) in [5, 5.41) is 10.0. The van der Waals surface area contributed by atoms with E-state index in [1.165, 1.54) is 13.3 Å². The van der Waals surface area contributed by atoms with Crippen LogP contribution >= 0.6 is 0 Å². The summed E-state index contributed by atoms with van der Waals surface area (Å²) < 4.78 is 25.0. The molecule has 0 fully saturated rings. The van der Waals surface area contributed by atoms with Crippen LogP contribution in [0, 0.1) is 35.0 Å². The number of benzene rings is 1. The second kappa shape index (κ2) is 12.5. The highest BCUT2D eigenvalue weighted by Crippen LogP contribution is 2.43. The fourth-order valence-electron chi connectivity index (χ4n) is 4.35. The molecule has 11 heteroatoms. The summed E-state index contributed by atoms with van der Waals surface area (Å²) in [6.45, 7) is 0.226. The number of nitriles is 1. The minimum atomic E-state index is -1.67. The van der Waals surface area contributed by atoms with E-state index in [0.29, 0.717) is 0 Å². The van der Waals surface area contributed by atoms with Crippen molar-refractivity contribution in [1.82, 2.24) is 4.90 Å². The summed E-state index contributed by atoms with van der Waals surface area (Å²) >= 11 is 0. The van der Waals surface area contributed by atoms with Crippen LogP contribution in [0.15, 0.2) is 42.1 Å². The molecule has 1 aliphatic rings. The van der Waals surface area contributed by atoms with Gasteiger partial charge in [0.2, 0.25) is 0 Å². The summed E-state index contributed by atoms with van der Waals surface area (Å²) in [5.74, 6) is -9.91. The molecule has 0 unspecified atom stereocenters. The van der Waals surface area contributed by atoms with Crippen LogP contribution in [0.1, 0.15) is 5.56 Å². The molecule has 11 nitrogen and oxygen atoms in total. The maximum Gasteiger partial charge on any atom is 0.320 e. The van der Waals surface area contributed by atoms with Gasteiger partial charge in [0.15, 0.2) is 11.8 Å². The quantitative estimate of drug-likeness (QED) is 0.279. The van der Waals surface area contributed by atoms with Crippen molar-refractivity contribution in [1.29, 1.82) is 5.26 Å². The van der Waals surface area contributed by atoms with Crippen LogP contribution in [-0.2, 0) is 49.4 Å². The Hall–Kier alpha value is -3.91. The molecule has 0 N–H and O–H groups in total. The first-order chi connectivity index (χ1) is 16.8. The van der Waals surface area contributed by atoms with Gasteiger partial charge in [-0.3, -0.25) is 19.2 Å². The van der Waals surface area contributed by atoms with Crippen molar-refractivity contribution in [2.24, 2.45) is 23.7 Å². The van der Waals surface area contributed by atoms with Crippen LogP contribution in [0.25, 0.3) is 0 Å². The van der Waals surface area contributed by atoms with Gasteiger partial charge >= 0.3 is 23.9 Å². The molecular formula is C24H28N2O9. The number of allylic oxidation sites excluding steroid dienone is 1. The molecule has 0 radical (unpaired) electrons. The van der Waals surface area contributed by atoms with E-state index in [0.717, 1.165) is 34.0 Å². The monoisotopic (exact) mass is 488 g/mol. The lowest BCUT2D eigenvalue weighted by Gasteiger charge is -2.45. The van der Waals surface area contributed by atoms with Gasteiger partial charge in [0.25, 0.3) is 0 Å². The van der Waals surface area contributed by atoms with Crippen molar-refractivity contribution in [2.45, 2.75) is 12.8 Å². The molecule has 1 aliphatic heterocycles. The fourth-order valence-corrected chi connectivity index (χ4v) is 4.35. The highest BCUT2D eigenvalue weighted by molar-refractivity contribution is 5.98. The van der Waals surface area contributed by atoms with E-state index in [4.69, 9.17) is 23.7 Å². The molecule has 0 amide bonds. The minimum Gasteiger partial charge on any atom is -0.468 e. The van der Waals surface area contributed by atoms with E-state index in [2.05, 4.69) is 0 Å². The first-order valence-electron chi connectivity index (χ1n) is 10.5. The van der Waals surface area contributed by atoms with Crippen molar-refractivity contribution in [3.05, 3.63) is 47.7 Å². The van der Waals surface area contributed by atoms with E-state index in [-0.39, 0.29) is 12.1 Å². The van der Waals surface area contributed by atoms with Gasteiger partial charge < -0.3 is 28.6 Å². The Bertz CT molecular complexity index is 970. The third kappa shape index (κ3) is 5.78. The van der Waals surface area contributed by atoms with Gasteiger partial charge in [-0.05, 0) is 5.56 Å². The first-order valence-corrected chi connectivity index (χ1v) is 10.5. The molecule has 0 bridgehead atoms. The highest BCUT2D eigenvalue weighted by atomic mass is 16.6. The van der Waals surface area contributed by atoms with E-state index < -0.39 is 53.8 Å². The molecule has 0 saturated carbocycles. The summed E-state index contributed by atoms with van der Waals surface area (Å²) in [4.78, 5) is 52.8. The SMILES string of the molecule is COC(=O)C(C(=O)OC)[C@@H]1[C@@H](OC)N(Cc2ccccc2)C=C(C#N)[C@H]1C(C(=O)OC)C(=O)OC. The molecule has 1 aromatic carbocycles. The van der Waals surface area contributed by atoms with Gasteiger partial charge in [-0.2, -0.15) is 5.26 Å². The van der Waals surface area contributed by atoms with Crippen LogP contribution in [0.4, 0.5) is 0 Å². The molecule has 2 rings (SSSR count). The Balaban J connectivity index is 2.81. The lowest BCUT2D eigenvalue weighted by molar-refractivity contribution is -0.180. The molecule has 3 atom stereocenters. The standard InChI is InChI=1S/C24H28N2O9/c1-31-20-17(19(23(29)34-4)24(30)35-5)16(18(21(27)32-2)22(28)33-3)15(11-25)13-26(20)12-14-9-7-6-8-10-14/h6-10,13,16-20H,12H2,1-5H3/t16-,17-,20-/m1/s1. The summed E-state index contributed by atoms with van der Waals surface area (Å²) in [6.07, 6.45) is 0.379. The third-order valence-corrected chi connectivity index (χ3v) is 5.88. The van der Waals surface area contributed by atoms with E-state index in [1.807, 2.05) is 36.4 Å². The third-order valence-electron chi connectivity index (χ3n) is 5.88. The Kier molecular flexibility index (Phi) is 9.78. The van der Waals surface area contributed by atoms with Crippen molar-refractivity contribution in [3.63, 3.8) is 0 Å². The fraction of sp³-hybridized carbons (Fsp3) is 0.458. The Morgan fingerprint density at radius 2 is 1.34 bits per heavy atom. The number of nitrogens with zero attached hydrogens (tertiary/aromatic N) is 2. The van der Waals surface area contributed by atoms with E-state index >= 15 is 0 Å². The smallest absolute Gasteiger partial charge is 0.320 e. The van der Waals surface area contributed by atoms with Crippen molar-refractivity contribution < 1.29 is 42.9 Å². The van der Waals surface area contributed by atoms with Crippen molar-refractivity contribution in [3.8, 4) is 6.07 Å². The van der Waals surface area contributed by atoms with Crippen LogP contribution in [-0.4, -0.2) is 70.6 Å². The van der Waals surface area contributed by atoms with Crippen LogP contribution in [0.5, 0.6) is 0 Å². The average molecular weight is 488 g/mol. The Morgan fingerprint density at radius 3 is 1.77 bits per heavy atom. The normalized spacial score (nSPS) is 19.4. The predicted molar refractivity (Wildman–Crippen MR) is 119 cm³/mol. The number of carbonyl (C=O) groups is 4. The predicted octanol–water partition coefficient (Wildman–Crippen LogP) is 1.04. The number of hydrogen-bond donors (Lipinski definition) is 0. The molecule has 1 heterocycles. The molecule has 1 aromatic rings. The number of esters is 4. The lowest BCUT2D eigenvalue weighted by atomic mass is 9.68. The van der Waals surface area contributed by atoms with Crippen molar-refractivity contribution in [2.75, 3.05) is 35.5 Å². The zero-order chi connectivity index (χ0) is 26.1. The Labute approximate surface area is 203 Å². The first kappa shape index (κ1) is 27.3. The summed E-state index contributed by atoms with van der Waals surface area (Å²) in [7, 11) is 5.64. The zero-order valence-electron chi connectivity index (χ0n) is 20.1. The van der Waals surface area contributed by atoms with Gasteiger partial charge in [0.1, 0.15) is 6.23 Å². The maximum absolute atomic E-state index is 12.8. The molecule has 0 saturated heterocycles. The van der Waals surface area contributed by atoms with E-state index in [1.54, 1.807) is 4.90 Å². The van der Waals surface area contributed by atoms with Gasteiger partial charge in [-0.1, -0.05) is 30.3 Å². The Morgan fingerprint density at radius 1 is 0.857 bits per heavy atom. The van der Waals surface area contributed by atoms with Crippen molar-refractivity contribution >= 4 is 23.9 Å². The van der Waals surface area contributed by atoms with Gasteiger partial charge in [-0.25, -0.2) is 0 Å². The van der Waals surface area contributed by atoms with Crippen LogP contribution in [0.2, 0.25) is 0 Å². The second-order valence-electron chi connectivity index (χ2n) is 7.63. The maximum atomic E-state index is 12.8. The van der Waals surface area contributed by atoms with Crippen LogP contribution < -0.4 is 0 Å². The minimum absolute atomic E-state index is 0.0576. The topological polar surface area (TPSA) is 141 Å². The number of hydrogen-bond acceptors (Lipinski definition) is 11. The summed E-state index contributed by atoms with van der Waals surface area (Å²) in [5.41, 5.74) is 0.781. The average Bonchev–Trinajstić information content (AvgIpc) is 2.89.